The minimum absolute atomic E-state index is 0.00212. The van der Waals surface area contributed by atoms with Gasteiger partial charge in [0.25, 0.3) is 0 Å². The maximum absolute atomic E-state index is 13.3. The maximum atomic E-state index is 13.3. The predicted molar refractivity (Wildman–Crippen MR) is 57.6 cm³/mol. The first kappa shape index (κ1) is 12.3. The number of ketones is 1. The first-order valence-electron chi connectivity index (χ1n) is 3.95. The van der Waals surface area contributed by atoms with Crippen LogP contribution in [0.15, 0.2) is 23.1 Å². The fraction of sp³-hybridized carbons (Fsp3) is 0.222. The van der Waals surface area contributed by atoms with Gasteiger partial charge in [-0.2, -0.15) is 0 Å². The second kappa shape index (κ2) is 4.40. The monoisotopic (exact) mass is 294 g/mol. The van der Waals surface area contributed by atoms with Gasteiger partial charge in [-0.1, -0.05) is 15.9 Å². The summed E-state index contributed by atoms with van der Waals surface area (Å²) >= 11 is 2.91. The van der Waals surface area contributed by atoms with Crippen molar-refractivity contribution in [2.24, 2.45) is 0 Å². The molecule has 1 aromatic rings. The van der Waals surface area contributed by atoms with Crippen molar-refractivity contribution in [1.82, 2.24) is 0 Å². The molecule has 1 aromatic carbocycles. The van der Waals surface area contributed by atoms with Crippen LogP contribution in [0.25, 0.3) is 0 Å². The van der Waals surface area contributed by atoms with Crippen molar-refractivity contribution in [2.75, 3.05) is 11.6 Å². The minimum atomic E-state index is -3.44. The first-order valence-corrected chi connectivity index (χ1v) is 6.96. The maximum Gasteiger partial charge on any atom is 0.176 e. The van der Waals surface area contributed by atoms with E-state index < -0.39 is 21.4 Å². The molecule has 1 rings (SSSR count). The van der Waals surface area contributed by atoms with Crippen LogP contribution < -0.4 is 0 Å². The van der Waals surface area contributed by atoms with Crippen molar-refractivity contribution in [3.63, 3.8) is 0 Å². The van der Waals surface area contributed by atoms with E-state index in [4.69, 9.17) is 0 Å². The van der Waals surface area contributed by atoms with Crippen LogP contribution in [-0.4, -0.2) is 25.8 Å². The van der Waals surface area contributed by atoms with Crippen LogP contribution in [0, 0.1) is 5.82 Å². The number of carbonyl (C=O) groups is 1. The smallest absolute Gasteiger partial charge is 0.176 e. The lowest BCUT2D eigenvalue weighted by Crippen LogP contribution is -2.05. The summed E-state index contributed by atoms with van der Waals surface area (Å²) in [6, 6.07) is 3.24. The molecular formula is C9H8BrFO3S. The number of halogens is 2. The topological polar surface area (TPSA) is 51.2 Å². The van der Waals surface area contributed by atoms with Crippen LogP contribution in [0.4, 0.5) is 4.39 Å². The molecule has 0 bridgehead atoms. The van der Waals surface area contributed by atoms with Crippen LogP contribution >= 0.6 is 15.9 Å². The van der Waals surface area contributed by atoms with Gasteiger partial charge in [-0.05, 0) is 18.2 Å². The van der Waals surface area contributed by atoms with Gasteiger partial charge in [0, 0.05) is 6.26 Å². The van der Waals surface area contributed by atoms with E-state index in [9.17, 15) is 17.6 Å². The van der Waals surface area contributed by atoms with Gasteiger partial charge in [0.2, 0.25) is 0 Å². The molecule has 0 N–H and O–H groups in total. The molecule has 0 fully saturated rings. The highest BCUT2D eigenvalue weighted by Gasteiger charge is 2.14. The van der Waals surface area contributed by atoms with E-state index in [-0.39, 0.29) is 15.8 Å². The number of hydrogen-bond acceptors (Lipinski definition) is 3. The molecular weight excluding hydrogens is 287 g/mol. The highest BCUT2D eigenvalue weighted by Crippen LogP contribution is 2.15. The Morgan fingerprint density at radius 2 is 2.07 bits per heavy atom. The molecule has 0 heterocycles. The van der Waals surface area contributed by atoms with Crippen LogP contribution in [0.5, 0.6) is 0 Å². The first-order chi connectivity index (χ1) is 6.86. The van der Waals surface area contributed by atoms with Crippen molar-refractivity contribution < 1.29 is 17.6 Å². The zero-order valence-electron chi connectivity index (χ0n) is 7.83. The molecule has 0 saturated carbocycles. The molecule has 0 unspecified atom stereocenters. The van der Waals surface area contributed by atoms with E-state index in [1.165, 1.54) is 12.1 Å². The minimum Gasteiger partial charge on any atom is -0.293 e. The summed E-state index contributed by atoms with van der Waals surface area (Å²) in [5.74, 6) is -1.24. The molecule has 15 heavy (non-hydrogen) atoms. The Kier molecular flexibility index (Phi) is 3.62. The van der Waals surface area contributed by atoms with Gasteiger partial charge in [0.1, 0.15) is 5.82 Å². The highest BCUT2D eigenvalue weighted by atomic mass is 79.9. The SMILES string of the molecule is CS(=O)(=O)c1ccc(C(=O)CBr)c(F)c1. The third-order valence-corrected chi connectivity index (χ3v) is 3.41. The van der Waals surface area contributed by atoms with Crippen LogP contribution in [0.3, 0.4) is 0 Å². The van der Waals surface area contributed by atoms with E-state index >= 15 is 0 Å². The van der Waals surface area contributed by atoms with Crippen molar-refractivity contribution in [1.29, 1.82) is 0 Å². The normalized spacial score (nSPS) is 11.4. The fourth-order valence-corrected chi connectivity index (χ4v) is 1.96. The molecule has 0 saturated heterocycles. The summed E-state index contributed by atoms with van der Waals surface area (Å²) in [6.07, 6.45) is 0.980. The summed E-state index contributed by atoms with van der Waals surface area (Å²) in [5.41, 5.74) is -0.112. The molecule has 0 aliphatic heterocycles. The van der Waals surface area contributed by atoms with Crippen LogP contribution in [-0.2, 0) is 9.84 Å². The molecule has 0 aliphatic rings. The summed E-state index contributed by atoms with van der Waals surface area (Å²) < 4.78 is 35.5. The molecule has 0 spiro atoms. The molecule has 3 nitrogen and oxygen atoms in total. The van der Waals surface area contributed by atoms with Crippen LogP contribution in [0.1, 0.15) is 10.4 Å². The lowest BCUT2D eigenvalue weighted by Gasteiger charge is -2.02. The molecule has 0 amide bonds. The van der Waals surface area contributed by atoms with Gasteiger partial charge < -0.3 is 0 Å². The average molecular weight is 295 g/mol. The van der Waals surface area contributed by atoms with E-state index in [2.05, 4.69) is 15.9 Å². The number of rotatable bonds is 3. The van der Waals surface area contributed by atoms with E-state index in [1.54, 1.807) is 0 Å². The van der Waals surface area contributed by atoms with Crippen molar-refractivity contribution >= 4 is 31.6 Å². The van der Waals surface area contributed by atoms with Crippen molar-refractivity contribution in [2.45, 2.75) is 4.90 Å². The fourth-order valence-electron chi connectivity index (χ4n) is 1.02. The molecule has 0 aliphatic carbocycles. The zero-order valence-corrected chi connectivity index (χ0v) is 10.2. The summed E-state index contributed by atoms with van der Waals surface area (Å²) in [6.45, 7) is 0. The Labute approximate surface area is 95.3 Å². The Morgan fingerprint density at radius 3 is 2.47 bits per heavy atom. The Bertz CT molecular complexity index is 496. The molecule has 6 heteroatoms. The standard InChI is InChI=1S/C9H8BrFO3S/c1-15(13,14)6-2-3-7(8(11)4-6)9(12)5-10/h2-4H,5H2,1H3. The molecule has 0 radical (unpaired) electrons. The van der Waals surface area contributed by atoms with Crippen molar-refractivity contribution in [3.8, 4) is 0 Å². The third-order valence-electron chi connectivity index (χ3n) is 1.79. The second-order valence-corrected chi connectivity index (χ2v) is 5.55. The van der Waals surface area contributed by atoms with Gasteiger partial charge in [-0.25, -0.2) is 12.8 Å². The number of alkyl halides is 1. The number of carbonyl (C=O) groups excluding carboxylic acids is 1. The number of benzene rings is 1. The second-order valence-electron chi connectivity index (χ2n) is 2.97. The van der Waals surface area contributed by atoms with E-state index in [0.717, 1.165) is 12.3 Å². The van der Waals surface area contributed by atoms with E-state index in [0.29, 0.717) is 0 Å². The summed E-state index contributed by atoms with van der Waals surface area (Å²) in [5, 5.41) is 0.00212. The number of Topliss-reactive ketones (excluding diaryl/α,β-unsaturated/α-hetero) is 1. The molecule has 0 atom stereocenters. The molecule has 0 aromatic heterocycles. The average Bonchev–Trinajstić information content (AvgIpc) is 2.15. The lowest BCUT2D eigenvalue weighted by atomic mass is 10.1. The van der Waals surface area contributed by atoms with Gasteiger partial charge in [0.05, 0.1) is 15.8 Å². The lowest BCUT2D eigenvalue weighted by molar-refractivity contribution is 0.102. The quantitative estimate of drug-likeness (QED) is 0.631. The van der Waals surface area contributed by atoms with Gasteiger partial charge >= 0.3 is 0 Å². The Hall–Kier alpha value is -0.750. The Balaban J connectivity index is 3.27. The molecule has 82 valence electrons. The Morgan fingerprint density at radius 1 is 1.47 bits per heavy atom. The van der Waals surface area contributed by atoms with Crippen LogP contribution in [0.2, 0.25) is 0 Å². The largest absolute Gasteiger partial charge is 0.293 e. The highest BCUT2D eigenvalue weighted by molar-refractivity contribution is 9.09. The summed E-state index contributed by atoms with van der Waals surface area (Å²) in [7, 11) is -3.44. The number of hydrogen-bond donors (Lipinski definition) is 0. The summed E-state index contributed by atoms with van der Waals surface area (Å²) in [4.78, 5) is 11.0. The van der Waals surface area contributed by atoms with Gasteiger partial charge in [0.15, 0.2) is 15.6 Å². The van der Waals surface area contributed by atoms with E-state index in [1.807, 2.05) is 0 Å². The zero-order chi connectivity index (χ0) is 11.6. The van der Waals surface area contributed by atoms with Gasteiger partial charge in [-0.15, -0.1) is 0 Å². The van der Waals surface area contributed by atoms with Gasteiger partial charge in [-0.3, -0.25) is 4.79 Å². The van der Waals surface area contributed by atoms with Crippen molar-refractivity contribution in [3.05, 3.63) is 29.6 Å². The number of sulfone groups is 1. The third kappa shape index (κ3) is 2.85. The predicted octanol–water partition coefficient (Wildman–Crippen LogP) is 1.81.